The summed E-state index contributed by atoms with van der Waals surface area (Å²) in [7, 11) is -1.17. The Morgan fingerprint density at radius 3 is 2.70 bits per heavy atom. The van der Waals surface area contributed by atoms with Gasteiger partial charge >= 0.3 is 0 Å². The highest BCUT2D eigenvalue weighted by Gasteiger charge is 2.33. The molecule has 6 heteroatoms. The molecule has 0 amide bonds. The number of hydrogen-bond donors (Lipinski definition) is 0. The Labute approximate surface area is 137 Å². The first kappa shape index (κ1) is 16.3. The van der Waals surface area contributed by atoms with Crippen LogP contribution in [0.15, 0.2) is 22.7 Å². The highest BCUT2D eigenvalue weighted by atomic mass is 79.9. The summed E-state index contributed by atoms with van der Waals surface area (Å²) in [6.07, 6.45) is 1.67. The van der Waals surface area contributed by atoms with E-state index in [1.165, 1.54) is 5.56 Å². The van der Waals surface area contributed by atoms with Gasteiger partial charge in [-0.3, -0.25) is 0 Å². The first-order valence-electron chi connectivity index (χ1n) is 6.54. The monoisotopic (exact) mass is 424 g/mol. The topological polar surface area (TPSA) is 43.4 Å². The molecule has 0 saturated carbocycles. The van der Waals surface area contributed by atoms with Crippen molar-refractivity contribution in [1.82, 2.24) is 0 Å². The zero-order valence-corrected chi connectivity index (χ0v) is 15.3. The maximum atomic E-state index is 11.6. The Balaban J connectivity index is 2.09. The minimum Gasteiger partial charge on any atom is -0.496 e. The summed E-state index contributed by atoms with van der Waals surface area (Å²) in [5, 5.41) is 0.830. The molecule has 3 nitrogen and oxygen atoms in total. The average molecular weight is 426 g/mol. The molecule has 0 aliphatic carbocycles. The van der Waals surface area contributed by atoms with Crippen molar-refractivity contribution in [2.24, 2.45) is 11.8 Å². The van der Waals surface area contributed by atoms with Crippen LogP contribution in [0.25, 0.3) is 0 Å². The van der Waals surface area contributed by atoms with Gasteiger partial charge in [0.25, 0.3) is 0 Å². The van der Waals surface area contributed by atoms with Gasteiger partial charge in [0.05, 0.1) is 23.1 Å². The Morgan fingerprint density at radius 2 is 2.20 bits per heavy atom. The third kappa shape index (κ3) is 3.98. The predicted octanol–water partition coefficient (Wildman–Crippen LogP) is 3.45. The van der Waals surface area contributed by atoms with Gasteiger partial charge in [0.2, 0.25) is 0 Å². The molecular formula is C14H18Br2O3S. The lowest BCUT2D eigenvalue weighted by molar-refractivity contribution is 0.400. The average Bonchev–Trinajstić information content (AvgIpc) is 2.76. The van der Waals surface area contributed by atoms with Crippen LogP contribution < -0.4 is 4.74 Å². The summed E-state index contributed by atoms with van der Waals surface area (Å²) >= 11 is 7.02. The van der Waals surface area contributed by atoms with Crippen molar-refractivity contribution in [3.05, 3.63) is 28.2 Å². The Bertz CT molecular complexity index is 572. The molecule has 1 saturated heterocycles. The number of halogens is 2. The standard InChI is InChI=1S/C14H18Br2O3S/c1-19-14-3-2-10(7-13(14)16)6-12(8-15)11-4-5-20(17,18)9-11/h2-3,7,11-12H,4-6,8-9H2,1H3. The fourth-order valence-electron chi connectivity index (χ4n) is 2.68. The number of alkyl halides is 1. The molecule has 1 fully saturated rings. The fraction of sp³-hybridized carbons (Fsp3) is 0.571. The lowest BCUT2D eigenvalue weighted by atomic mass is 9.88. The second-order valence-corrected chi connectivity index (χ2v) is 8.98. The van der Waals surface area contributed by atoms with E-state index in [2.05, 4.69) is 37.9 Å². The number of hydrogen-bond acceptors (Lipinski definition) is 3. The van der Waals surface area contributed by atoms with Gasteiger partial charge in [0.1, 0.15) is 5.75 Å². The van der Waals surface area contributed by atoms with Crippen molar-refractivity contribution in [3.8, 4) is 5.75 Å². The quantitative estimate of drug-likeness (QED) is 0.678. The highest BCUT2D eigenvalue weighted by Crippen LogP contribution is 2.32. The molecule has 20 heavy (non-hydrogen) atoms. The summed E-state index contributed by atoms with van der Waals surface area (Å²) in [5.41, 5.74) is 1.20. The predicted molar refractivity (Wildman–Crippen MR) is 88.4 cm³/mol. The molecule has 2 rings (SSSR count). The number of sulfone groups is 1. The van der Waals surface area contributed by atoms with Crippen molar-refractivity contribution in [3.63, 3.8) is 0 Å². The van der Waals surface area contributed by atoms with Crippen LogP contribution in [0.5, 0.6) is 5.75 Å². The van der Waals surface area contributed by atoms with Crippen LogP contribution in [0, 0.1) is 11.8 Å². The first-order chi connectivity index (χ1) is 9.45. The lowest BCUT2D eigenvalue weighted by Gasteiger charge is -2.20. The van der Waals surface area contributed by atoms with E-state index in [9.17, 15) is 8.42 Å². The molecule has 1 aliphatic heterocycles. The van der Waals surface area contributed by atoms with Gasteiger partial charge in [-0.15, -0.1) is 0 Å². The van der Waals surface area contributed by atoms with Gasteiger partial charge in [-0.25, -0.2) is 8.42 Å². The molecule has 1 aliphatic rings. The molecule has 0 spiro atoms. The van der Waals surface area contributed by atoms with Crippen LogP contribution in [0.1, 0.15) is 12.0 Å². The highest BCUT2D eigenvalue weighted by molar-refractivity contribution is 9.10. The largest absolute Gasteiger partial charge is 0.496 e. The summed E-state index contributed by atoms with van der Waals surface area (Å²) < 4.78 is 29.4. The molecule has 0 bridgehead atoms. The van der Waals surface area contributed by atoms with Crippen LogP contribution in [0.2, 0.25) is 0 Å². The van der Waals surface area contributed by atoms with Gasteiger partial charge in [-0.05, 0) is 58.3 Å². The second-order valence-electron chi connectivity index (χ2n) is 5.25. The van der Waals surface area contributed by atoms with E-state index in [4.69, 9.17) is 4.74 Å². The van der Waals surface area contributed by atoms with E-state index in [1.54, 1.807) is 7.11 Å². The third-order valence-electron chi connectivity index (χ3n) is 3.85. The van der Waals surface area contributed by atoms with Crippen molar-refractivity contribution in [1.29, 1.82) is 0 Å². The van der Waals surface area contributed by atoms with E-state index >= 15 is 0 Å². The van der Waals surface area contributed by atoms with Crippen LogP contribution >= 0.6 is 31.9 Å². The minimum atomic E-state index is -2.81. The van der Waals surface area contributed by atoms with Gasteiger partial charge in [0, 0.05) is 5.33 Å². The molecule has 0 radical (unpaired) electrons. The zero-order chi connectivity index (χ0) is 14.8. The summed E-state index contributed by atoms with van der Waals surface area (Å²) in [6.45, 7) is 0. The van der Waals surface area contributed by atoms with Gasteiger partial charge in [0.15, 0.2) is 9.84 Å². The Hall–Kier alpha value is -0.0700. The lowest BCUT2D eigenvalue weighted by Crippen LogP contribution is -2.20. The maximum absolute atomic E-state index is 11.6. The van der Waals surface area contributed by atoms with Gasteiger partial charge in [-0.2, -0.15) is 0 Å². The first-order valence-corrected chi connectivity index (χ1v) is 10.3. The van der Waals surface area contributed by atoms with Crippen LogP contribution in [0.3, 0.4) is 0 Å². The number of benzene rings is 1. The summed E-state index contributed by atoms with van der Waals surface area (Å²) in [5.74, 6) is 2.11. The molecule has 112 valence electrons. The third-order valence-corrected chi connectivity index (χ3v) is 7.09. The van der Waals surface area contributed by atoms with Crippen molar-refractivity contribution >= 4 is 41.7 Å². The number of ether oxygens (including phenoxy) is 1. The molecule has 2 atom stereocenters. The Morgan fingerprint density at radius 1 is 1.45 bits per heavy atom. The Kier molecular flexibility index (Phi) is 5.54. The smallest absolute Gasteiger partial charge is 0.150 e. The minimum absolute atomic E-state index is 0.264. The van der Waals surface area contributed by atoms with Crippen LogP contribution in [-0.2, 0) is 16.3 Å². The van der Waals surface area contributed by atoms with Crippen molar-refractivity contribution < 1.29 is 13.2 Å². The van der Waals surface area contributed by atoms with E-state index < -0.39 is 9.84 Å². The molecule has 1 aromatic rings. The molecular weight excluding hydrogens is 408 g/mol. The van der Waals surface area contributed by atoms with Crippen molar-refractivity contribution in [2.75, 3.05) is 23.9 Å². The van der Waals surface area contributed by atoms with E-state index in [1.807, 2.05) is 12.1 Å². The van der Waals surface area contributed by atoms with Crippen molar-refractivity contribution in [2.45, 2.75) is 12.8 Å². The fourth-order valence-corrected chi connectivity index (χ4v) is 5.95. The molecule has 0 N–H and O–H groups in total. The zero-order valence-electron chi connectivity index (χ0n) is 11.3. The normalized spacial score (nSPS) is 22.6. The summed E-state index contributed by atoms with van der Waals surface area (Å²) in [4.78, 5) is 0. The van der Waals surface area contributed by atoms with E-state index in [0.717, 1.165) is 28.4 Å². The van der Waals surface area contributed by atoms with E-state index in [0.29, 0.717) is 17.4 Å². The second kappa shape index (κ2) is 6.79. The SMILES string of the molecule is COc1ccc(CC(CBr)C2CCS(=O)(=O)C2)cc1Br. The molecule has 2 unspecified atom stereocenters. The molecule has 0 aromatic heterocycles. The van der Waals surface area contributed by atoms with E-state index in [-0.39, 0.29) is 5.92 Å². The van der Waals surface area contributed by atoms with Gasteiger partial charge < -0.3 is 4.74 Å². The number of rotatable bonds is 5. The van der Waals surface area contributed by atoms with Crippen LogP contribution in [0.4, 0.5) is 0 Å². The molecule has 1 aromatic carbocycles. The maximum Gasteiger partial charge on any atom is 0.150 e. The molecule has 1 heterocycles. The number of methoxy groups -OCH3 is 1. The van der Waals surface area contributed by atoms with Gasteiger partial charge in [-0.1, -0.05) is 22.0 Å². The van der Waals surface area contributed by atoms with Crippen LogP contribution in [-0.4, -0.2) is 32.4 Å². The summed E-state index contributed by atoms with van der Waals surface area (Å²) in [6, 6.07) is 6.04.